The number of hydrogen-bond donors (Lipinski definition) is 1. The molecule has 1 amide bonds. The highest BCUT2D eigenvalue weighted by molar-refractivity contribution is 5.85. The second-order valence-electron chi connectivity index (χ2n) is 3.16. The van der Waals surface area contributed by atoms with Crippen LogP contribution in [-0.4, -0.2) is 17.6 Å². The fourth-order valence-electron chi connectivity index (χ4n) is 1.23. The lowest BCUT2D eigenvalue weighted by molar-refractivity contribution is -0.384. The number of rotatable bonds is 3. The molecule has 0 saturated heterocycles. The molecule has 0 aliphatic carbocycles. The minimum absolute atomic E-state index is 0.0631. The second-order valence-corrected chi connectivity index (χ2v) is 3.16. The van der Waals surface area contributed by atoms with Crippen molar-refractivity contribution >= 4 is 17.5 Å². The third kappa shape index (κ3) is 3.23. The number of anilines is 1. The Hall–Kier alpha value is -2.11. The topological polar surface area (TPSA) is 81.5 Å². The number of hydrogen-bond acceptors (Lipinski definition) is 4. The lowest BCUT2D eigenvalue weighted by Crippen LogP contribution is -2.13. The van der Waals surface area contributed by atoms with Gasteiger partial charge in [0.05, 0.1) is 17.2 Å². The van der Waals surface area contributed by atoms with Crippen LogP contribution in [0, 0.1) is 17.0 Å². The minimum atomic E-state index is -0.623. The molecule has 0 bridgehead atoms. The van der Waals surface area contributed by atoms with E-state index in [9.17, 15) is 14.9 Å². The number of non-ortho nitro benzene ring substituents is 1. The largest absolute Gasteiger partial charge is 0.450 e. The molecule has 0 aliphatic rings. The van der Waals surface area contributed by atoms with Crippen molar-refractivity contribution in [2.45, 2.75) is 13.8 Å². The SMILES string of the molecule is CCOC(=O)Nc1cc(C)cc([N+](=O)[O-])c1. The molecule has 0 unspecified atom stereocenters. The lowest BCUT2D eigenvalue weighted by atomic mass is 10.2. The number of nitro groups is 1. The molecule has 86 valence electrons. The number of aryl methyl sites for hydroxylation is 1. The van der Waals surface area contributed by atoms with Gasteiger partial charge in [-0.15, -0.1) is 0 Å². The van der Waals surface area contributed by atoms with Crippen molar-refractivity contribution in [3.8, 4) is 0 Å². The first-order chi connectivity index (χ1) is 7.52. The molecule has 0 aliphatic heterocycles. The Morgan fingerprint density at radius 3 is 2.75 bits per heavy atom. The number of nitrogens with zero attached hydrogens (tertiary/aromatic N) is 1. The van der Waals surface area contributed by atoms with Crippen LogP contribution in [0.15, 0.2) is 18.2 Å². The average molecular weight is 224 g/mol. The van der Waals surface area contributed by atoms with Crippen LogP contribution in [-0.2, 0) is 4.74 Å². The van der Waals surface area contributed by atoms with Gasteiger partial charge in [0, 0.05) is 12.1 Å². The molecule has 1 rings (SSSR count). The molecule has 0 atom stereocenters. The summed E-state index contributed by atoms with van der Waals surface area (Å²) >= 11 is 0. The monoisotopic (exact) mass is 224 g/mol. The normalized spacial score (nSPS) is 9.62. The zero-order chi connectivity index (χ0) is 12.1. The Morgan fingerprint density at radius 1 is 1.50 bits per heavy atom. The number of benzene rings is 1. The Balaban J connectivity index is 2.88. The molecule has 0 aromatic heterocycles. The number of carbonyl (C=O) groups is 1. The standard InChI is InChI=1S/C10H12N2O4/c1-3-16-10(13)11-8-4-7(2)5-9(6-8)12(14)15/h4-6H,3H2,1-2H3,(H,11,13). The third-order valence-electron chi connectivity index (χ3n) is 1.79. The first kappa shape index (κ1) is 12.0. The van der Waals surface area contributed by atoms with Crippen molar-refractivity contribution in [3.05, 3.63) is 33.9 Å². The summed E-state index contributed by atoms with van der Waals surface area (Å²) in [7, 11) is 0. The van der Waals surface area contributed by atoms with Crippen LogP contribution in [0.25, 0.3) is 0 Å². The van der Waals surface area contributed by atoms with E-state index in [1.807, 2.05) is 0 Å². The molecule has 0 fully saturated rings. The zero-order valence-corrected chi connectivity index (χ0v) is 9.02. The molecule has 0 radical (unpaired) electrons. The number of nitrogens with one attached hydrogen (secondary N) is 1. The van der Waals surface area contributed by atoms with Crippen molar-refractivity contribution in [3.63, 3.8) is 0 Å². The fourth-order valence-corrected chi connectivity index (χ4v) is 1.23. The van der Waals surface area contributed by atoms with Crippen molar-refractivity contribution in [1.82, 2.24) is 0 Å². The highest BCUT2D eigenvalue weighted by atomic mass is 16.6. The third-order valence-corrected chi connectivity index (χ3v) is 1.79. The first-order valence-corrected chi connectivity index (χ1v) is 4.72. The Labute approximate surface area is 92.4 Å². The van der Waals surface area contributed by atoms with Crippen molar-refractivity contribution < 1.29 is 14.5 Å². The summed E-state index contributed by atoms with van der Waals surface area (Å²) in [6.07, 6.45) is -0.623. The van der Waals surface area contributed by atoms with Crippen molar-refractivity contribution in [2.75, 3.05) is 11.9 Å². The summed E-state index contributed by atoms with van der Waals surface area (Å²) in [4.78, 5) is 21.2. The Bertz CT molecular complexity index is 417. The molecular formula is C10H12N2O4. The van der Waals surface area contributed by atoms with E-state index < -0.39 is 11.0 Å². The van der Waals surface area contributed by atoms with Crippen molar-refractivity contribution in [2.24, 2.45) is 0 Å². The lowest BCUT2D eigenvalue weighted by Gasteiger charge is -2.05. The van der Waals surface area contributed by atoms with Gasteiger partial charge in [0.25, 0.3) is 5.69 Å². The molecule has 16 heavy (non-hydrogen) atoms. The number of ether oxygens (including phenoxy) is 1. The van der Waals surface area contributed by atoms with Crippen LogP contribution in [0.4, 0.5) is 16.2 Å². The van der Waals surface area contributed by atoms with E-state index in [0.717, 1.165) is 0 Å². The summed E-state index contributed by atoms with van der Waals surface area (Å²) < 4.78 is 4.67. The second kappa shape index (κ2) is 5.11. The van der Waals surface area contributed by atoms with Crippen LogP contribution in [0.2, 0.25) is 0 Å². The van der Waals surface area contributed by atoms with Gasteiger partial charge in [-0.3, -0.25) is 15.4 Å². The molecule has 0 heterocycles. The predicted octanol–water partition coefficient (Wildman–Crippen LogP) is 2.47. The van der Waals surface area contributed by atoms with Crippen LogP contribution >= 0.6 is 0 Å². The van der Waals surface area contributed by atoms with Gasteiger partial charge < -0.3 is 4.74 Å². The van der Waals surface area contributed by atoms with Gasteiger partial charge in [-0.05, 0) is 25.5 Å². The van der Waals surface area contributed by atoms with E-state index in [1.54, 1.807) is 19.9 Å². The maximum atomic E-state index is 11.1. The maximum Gasteiger partial charge on any atom is 0.411 e. The molecule has 1 aromatic rings. The van der Waals surface area contributed by atoms with E-state index in [0.29, 0.717) is 11.3 Å². The van der Waals surface area contributed by atoms with Gasteiger partial charge >= 0.3 is 6.09 Å². The molecule has 0 saturated carbocycles. The fraction of sp³-hybridized carbons (Fsp3) is 0.300. The molecule has 1 aromatic carbocycles. The Kier molecular flexibility index (Phi) is 3.82. The summed E-state index contributed by atoms with van der Waals surface area (Å²) in [6, 6.07) is 4.34. The minimum Gasteiger partial charge on any atom is -0.450 e. The smallest absolute Gasteiger partial charge is 0.411 e. The van der Waals surface area contributed by atoms with Crippen LogP contribution in [0.5, 0.6) is 0 Å². The number of amides is 1. The van der Waals surface area contributed by atoms with Gasteiger partial charge in [-0.25, -0.2) is 4.79 Å². The average Bonchev–Trinajstić information content (AvgIpc) is 2.16. The van der Waals surface area contributed by atoms with Gasteiger partial charge in [0.1, 0.15) is 0 Å². The summed E-state index contributed by atoms with van der Waals surface area (Å²) in [5, 5.41) is 13.0. The highest BCUT2D eigenvalue weighted by Gasteiger charge is 2.10. The molecule has 6 heteroatoms. The summed E-state index contributed by atoms with van der Waals surface area (Å²) in [5.74, 6) is 0. The van der Waals surface area contributed by atoms with E-state index in [2.05, 4.69) is 10.1 Å². The molecule has 0 spiro atoms. The van der Waals surface area contributed by atoms with Gasteiger partial charge in [0.15, 0.2) is 0 Å². The molecular weight excluding hydrogens is 212 g/mol. The van der Waals surface area contributed by atoms with Gasteiger partial charge in [-0.2, -0.15) is 0 Å². The van der Waals surface area contributed by atoms with E-state index in [-0.39, 0.29) is 12.3 Å². The first-order valence-electron chi connectivity index (χ1n) is 4.72. The highest BCUT2D eigenvalue weighted by Crippen LogP contribution is 2.20. The zero-order valence-electron chi connectivity index (χ0n) is 9.02. The van der Waals surface area contributed by atoms with Crippen LogP contribution in [0.1, 0.15) is 12.5 Å². The van der Waals surface area contributed by atoms with E-state index >= 15 is 0 Å². The van der Waals surface area contributed by atoms with E-state index in [4.69, 9.17) is 0 Å². The quantitative estimate of drug-likeness (QED) is 0.631. The van der Waals surface area contributed by atoms with Gasteiger partial charge in [0.2, 0.25) is 0 Å². The summed E-state index contributed by atoms with van der Waals surface area (Å²) in [5.41, 5.74) is 0.984. The van der Waals surface area contributed by atoms with Gasteiger partial charge in [-0.1, -0.05) is 0 Å². The van der Waals surface area contributed by atoms with Crippen LogP contribution in [0.3, 0.4) is 0 Å². The van der Waals surface area contributed by atoms with Crippen molar-refractivity contribution in [1.29, 1.82) is 0 Å². The van der Waals surface area contributed by atoms with E-state index in [1.165, 1.54) is 12.1 Å². The molecule has 1 N–H and O–H groups in total. The Morgan fingerprint density at radius 2 is 2.19 bits per heavy atom. The molecule has 6 nitrogen and oxygen atoms in total. The maximum absolute atomic E-state index is 11.1. The number of nitro benzene ring substituents is 1. The predicted molar refractivity (Wildman–Crippen MR) is 58.5 cm³/mol. The summed E-state index contributed by atoms with van der Waals surface area (Å²) in [6.45, 7) is 3.64. The van der Waals surface area contributed by atoms with Crippen LogP contribution < -0.4 is 5.32 Å². The number of carbonyl (C=O) groups excluding carboxylic acids is 1.